The fraction of sp³-hybridized carbons (Fsp3) is 0.409. The second-order valence-corrected chi connectivity index (χ2v) is 8.35. The van der Waals surface area contributed by atoms with Gasteiger partial charge in [0.1, 0.15) is 17.8 Å². The van der Waals surface area contributed by atoms with Gasteiger partial charge in [-0.2, -0.15) is 19.1 Å². The Morgan fingerprint density at radius 3 is 2.62 bits per heavy atom. The first-order valence-electron chi connectivity index (χ1n) is 10.4. The van der Waals surface area contributed by atoms with E-state index in [4.69, 9.17) is 5.26 Å². The van der Waals surface area contributed by atoms with E-state index < -0.39 is 30.8 Å². The molecular formula is C22H24F3N7O2. The standard InChI is InChI=1S/C22H24F3N7O2/c1-12(2)31-17-5-16(14-9-30-32-11-13(6-26)7-28-19(14)32)27-8-15(17)20(33)29-10-18(23)22(3,4)34-21(24)25/h5,7-9,11-12,18,21H,10H2,1-4H3,(H,27,31)(H,29,33)/t18-/m1/s1. The summed E-state index contributed by atoms with van der Waals surface area (Å²) in [6.45, 7) is 2.46. The van der Waals surface area contributed by atoms with E-state index in [0.29, 0.717) is 28.2 Å². The van der Waals surface area contributed by atoms with Gasteiger partial charge in [-0.15, -0.1) is 0 Å². The molecule has 34 heavy (non-hydrogen) atoms. The first-order chi connectivity index (χ1) is 16.0. The number of rotatable bonds is 9. The summed E-state index contributed by atoms with van der Waals surface area (Å²) in [6, 6.07) is 3.59. The number of ether oxygens (including phenoxy) is 1. The Kier molecular flexibility index (Phi) is 7.36. The molecule has 2 N–H and O–H groups in total. The van der Waals surface area contributed by atoms with Gasteiger partial charge in [0, 0.05) is 18.4 Å². The van der Waals surface area contributed by atoms with E-state index in [0.717, 1.165) is 0 Å². The molecule has 0 bridgehead atoms. The highest BCUT2D eigenvalue weighted by Crippen LogP contribution is 2.27. The SMILES string of the molecule is CC(C)Nc1cc(-c2cnn3cc(C#N)cnc23)ncc1C(=O)NC[C@@H](F)C(C)(C)OC(F)F. The lowest BCUT2D eigenvalue weighted by atomic mass is 10.0. The average Bonchev–Trinajstić information content (AvgIpc) is 3.19. The summed E-state index contributed by atoms with van der Waals surface area (Å²) < 4.78 is 45.2. The topological polar surface area (TPSA) is 117 Å². The monoisotopic (exact) mass is 475 g/mol. The Bertz CT molecular complexity index is 1220. The smallest absolute Gasteiger partial charge is 0.345 e. The molecule has 9 nitrogen and oxygen atoms in total. The second kappa shape index (κ2) is 10.0. The number of nitrogens with one attached hydrogen (secondary N) is 2. The van der Waals surface area contributed by atoms with Crippen LogP contribution in [-0.4, -0.2) is 56.5 Å². The van der Waals surface area contributed by atoms with E-state index in [1.807, 2.05) is 19.9 Å². The lowest BCUT2D eigenvalue weighted by Gasteiger charge is -2.28. The number of hydrogen-bond donors (Lipinski definition) is 2. The highest BCUT2D eigenvalue weighted by molar-refractivity contribution is 6.00. The van der Waals surface area contributed by atoms with Gasteiger partial charge in [0.05, 0.1) is 47.0 Å². The summed E-state index contributed by atoms with van der Waals surface area (Å²) >= 11 is 0. The van der Waals surface area contributed by atoms with Crippen molar-refractivity contribution in [1.29, 1.82) is 5.26 Å². The molecule has 0 aliphatic carbocycles. The van der Waals surface area contributed by atoms with Crippen molar-refractivity contribution in [3.8, 4) is 17.3 Å². The van der Waals surface area contributed by atoms with Crippen LogP contribution in [0.1, 0.15) is 43.6 Å². The minimum absolute atomic E-state index is 0.0469. The summed E-state index contributed by atoms with van der Waals surface area (Å²) in [5.74, 6) is -0.630. The number of halogens is 3. The molecule has 3 heterocycles. The van der Waals surface area contributed by atoms with Crippen molar-refractivity contribution in [1.82, 2.24) is 24.9 Å². The van der Waals surface area contributed by atoms with Gasteiger partial charge >= 0.3 is 6.61 Å². The van der Waals surface area contributed by atoms with E-state index in [1.54, 1.807) is 12.3 Å². The molecule has 1 atom stereocenters. The summed E-state index contributed by atoms with van der Waals surface area (Å²) in [7, 11) is 0. The number of alkyl halides is 3. The van der Waals surface area contributed by atoms with Crippen LogP contribution in [0.2, 0.25) is 0 Å². The molecule has 0 aliphatic heterocycles. The Labute approximate surface area is 194 Å². The van der Waals surface area contributed by atoms with Crippen molar-refractivity contribution < 1.29 is 22.7 Å². The minimum Gasteiger partial charge on any atom is -0.382 e. The third kappa shape index (κ3) is 5.60. The lowest BCUT2D eigenvalue weighted by Crippen LogP contribution is -2.45. The Morgan fingerprint density at radius 2 is 1.97 bits per heavy atom. The van der Waals surface area contributed by atoms with Crippen LogP contribution >= 0.6 is 0 Å². The maximum atomic E-state index is 14.4. The van der Waals surface area contributed by atoms with Gasteiger partial charge in [-0.05, 0) is 33.8 Å². The van der Waals surface area contributed by atoms with Crippen molar-refractivity contribution in [3.05, 3.63) is 42.0 Å². The summed E-state index contributed by atoms with van der Waals surface area (Å²) in [5.41, 5.74) is 0.667. The number of amides is 1. The van der Waals surface area contributed by atoms with E-state index in [-0.39, 0.29) is 11.6 Å². The van der Waals surface area contributed by atoms with Crippen molar-refractivity contribution >= 4 is 17.2 Å². The molecule has 0 aromatic carbocycles. The first kappa shape index (κ1) is 24.9. The highest BCUT2D eigenvalue weighted by Gasteiger charge is 2.34. The van der Waals surface area contributed by atoms with Crippen molar-refractivity contribution in [2.45, 2.75) is 52.1 Å². The summed E-state index contributed by atoms with van der Waals surface area (Å²) in [4.78, 5) is 21.4. The maximum absolute atomic E-state index is 14.4. The molecule has 3 rings (SSSR count). The van der Waals surface area contributed by atoms with Gasteiger partial charge in [0.2, 0.25) is 0 Å². The predicted molar refractivity (Wildman–Crippen MR) is 118 cm³/mol. The van der Waals surface area contributed by atoms with Gasteiger partial charge in [-0.3, -0.25) is 9.78 Å². The first-order valence-corrected chi connectivity index (χ1v) is 10.4. The molecule has 0 unspecified atom stereocenters. The van der Waals surface area contributed by atoms with Crippen LogP contribution in [0.3, 0.4) is 0 Å². The summed E-state index contributed by atoms with van der Waals surface area (Å²) in [6.07, 6.45) is 3.96. The van der Waals surface area contributed by atoms with Crippen LogP contribution in [0.4, 0.5) is 18.9 Å². The fourth-order valence-corrected chi connectivity index (χ4v) is 3.15. The third-order valence-corrected chi connectivity index (χ3v) is 4.94. The number of aromatic nitrogens is 4. The summed E-state index contributed by atoms with van der Waals surface area (Å²) in [5, 5.41) is 18.8. The third-order valence-electron chi connectivity index (χ3n) is 4.94. The van der Waals surface area contributed by atoms with Crippen molar-refractivity contribution in [3.63, 3.8) is 0 Å². The molecular weight excluding hydrogens is 451 g/mol. The Balaban J connectivity index is 1.86. The van der Waals surface area contributed by atoms with E-state index in [2.05, 4.69) is 30.4 Å². The molecule has 3 aromatic rings. The second-order valence-electron chi connectivity index (χ2n) is 8.35. The number of carbonyl (C=O) groups is 1. The van der Waals surface area contributed by atoms with E-state index >= 15 is 0 Å². The van der Waals surface area contributed by atoms with Gasteiger partial charge in [0.15, 0.2) is 5.65 Å². The van der Waals surface area contributed by atoms with Gasteiger partial charge in [-0.25, -0.2) is 13.9 Å². The molecule has 0 saturated carbocycles. The molecule has 0 spiro atoms. The van der Waals surface area contributed by atoms with Crippen LogP contribution in [0.5, 0.6) is 0 Å². The zero-order valence-corrected chi connectivity index (χ0v) is 19.0. The minimum atomic E-state index is -3.14. The highest BCUT2D eigenvalue weighted by atomic mass is 19.3. The largest absolute Gasteiger partial charge is 0.382 e. The van der Waals surface area contributed by atoms with Gasteiger partial charge in [0.25, 0.3) is 5.91 Å². The Morgan fingerprint density at radius 1 is 1.24 bits per heavy atom. The molecule has 180 valence electrons. The molecule has 0 aliphatic rings. The number of pyridine rings is 1. The van der Waals surface area contributed by atoms with E-state index in [1.165, 1.54) is 37.0 Å². The molecule has 0 radical (unpaired) electrons. The molecule has 0 saturated heterocycles. The van der Waals surface area contributed by atoms with Crippen LogP contribution in [0.15, 0.2) is 30.9 Å². The zero-order valence-electron chi connectivity index (χ0n) is 19.0. The fourth-order valence-electron chi connectivity index (χ4n) is 3.15. The predicted octanol–water partition coefficient (Wildman–Crippen LogP) is 3.57. The number of carbonyl (C=O) groups excluding carboxylic acids is 1. The number of fused-ring (bicyclic) bond motifs is 1. The van der Waals surface area contributed by atoms with Crippen LogP contribution < -0.4 is 10.6 Å². The normalized spacial score (nSPS) is 12.7. The zero-order chi connectivity index (χ0) is 25.0. The number of anilines is 1. The lowest BCUT2D eigenvalue weighted by molar-refractivity contribution is -0.215. The van der Waals surface area contributed by atoms with Crippen molar-refractivity contribution in [2.24, 2.45) is 0 Å². The quantitative estimate of drug-likeness (QED) is 0.486. The average molecular weight is 475 g/mol. The molecule has 12 heteroatoms. The number of nitriles is 1. The van der Waals surface area contributed by atoms with Crippen LogP contribution in [0, 0.1) is 11.3 Å². The number of nitrogens with zero attached hydrogens (tertiary/aromatic N) is 5. The number of hydrogen-bond acceptors (Lipinski definition) is 7. The maximum Gasteiger partial charge on any atom is 0.345 e. The van der Waals surface area contributed by atoms with E-state index in [9.17, 15) is 18.0 Å². The molecule has 3 aromatic heterocycles. The van der Waals surface area contributed by atoms with Crippen molar-refractivity contribution in [2.75, 3.05) is 11.9 Å². The van der Waals surface area contributed by atoms with Gasteiger partial charge in [-0.1, -0.05) is 0 Å². The van der Waals surface area contributed by atoms with Crippen LogP contribution in [0.25, 0.3) is 16.9 Å². The molecule has 0 fully saturated rings. The Hall–Kier alpha value is -3.72. The van der Waals surface area contributed by atoms with Crippen LogP contribution in [-0.2, 0) is 4.74 Å². The molecule has 1 amide bonds. The van der Waals surface area contributed by atoms with Gasteiger partial charge < -0.3 is 15.4 Å².